The molecule has 0 aliphatic rings. The Hall–Kier alpha value is -1.57. The average molecular weight is 176 g/mol. The maximum atomic E-state index is 11.1. The number of rotatable bonds is 2. The summed E-state index contributed by atoms with van der Waals surface area (Å²) in [6.45, 7) is 2.02. The first-order valence-corrected chi connectivity index (χ1v) is 4.24. The van der Waals surface area contributed by atoms with Crippen LogP contribution in [-0.2, 0) is 0 Å². The summed E-state index contributed by atoms with van der Waals surface area (Å²) >= 11 is 0. The van der Waals surface area contributed by atoms with Gasteiger partial charge in [0.1, 0.15) is 0 Å². The van der Waals surface area contributed by atoms with Crippen LogP contribution in [-0.4, -0.2) is 5.11 Å². The van der Waals surface area contributed by atoms with Crippen molar-refractivity contribution in [1.82, 2.24) is 0 Å². The molecule has 0 fully saturated rings. The standard InChI is InChI=1S/C11H12O2/c1-2-3-5-9-6-4-7-10(12)11(13)8-9/h3-8H,2H2,1H3,(H,12,13)/b5-3-. The molecule has 0 saturated heterocycles. The topological polar surface area (TPSA) is 37.3 Å². The van der Waals surface area contributed by atoms with Crippen molar-refractivity contribution in [2.24, 2.45) is 0 Å². The molecule has 0 aliphatic carbocycles. The van der Waals surface area contributed by atoms with E-state index in [0.29, 0.717) is 0 Å². The van der Waals surface area contributed by atoms with E-state index < -0.39 is 0 Å². The van der Waals surface area contributed by atoms with Crippen LogP contribution in [0.1, 0.15) is 18.9 Å². The minimum Gasteiger partial charge on any atom is -0.504 e. The van der Waals surface area contributed by atoms with Crippen molar-refractivity contribution in [3.63, 3.8) is 0 Å². The summed E-state index contributed by atoms with van der Waals surface area (Å²) in [6, 6.07) is 6.26. The van der Waals surface area contributed by atoms with Crippen LogP contribution in [0.5, 0.6) is 5.75 Å². The number of hydrogen-bond acceptors (Lipinski definition) is 2. The van der Waals surface area contributed by atoms with Gasteiger partial charge in [0.2, 0.25) is 5.43 Å². The van der Waals surface area contributed by atoms with Crippen molar-refractivity contribution in [1.29, 1.82) is 0 Å². The minimum absolute atomic E-state index is 0.212. The zero-order chi connectivity index (χ0) is 9.68. The fraction of sp³-hybridized carbons (Fsp3) is 0.182. The van der Waals surface area contributed by atoms with Gasteiger partial charge in [-0.3, -0.25) is 4.79 Å². The van der Waals surface area contributed by atoms with Gasteiger partial charge in [-0.05, 0) is 24.1 Å². The first-order valence-electron chi connectivity index (χ1n) is 4.24. The third kappa shape index (κ3) is 2.75. The summed E-state index contributed by atoms with van der Waals surface area (Å²) in [4.78, 5) is 11.1. The van der Waals surface area contributed by atoms with Gasteiger partial charge < -0.3 is 5.11 Å². The van der Waals surface area contributed by atoms with Gasteiger partial charge in [0.25, 0.3) is 0 Å². The predicted molar refractivity (Wildman–Crippen MR) is 53.7 cm³/mol. The third-order valence-electron chi connectivity index (χ3n) is 1.64. The Bertz CT molecular complexity index is 367. The molecule has 0 aliphatic heterocycles. The quantitative estimate of drug-likeness (QED) is 0.749. The van der Waals surface area contributed by atoms with Gasteiger partial charge in [0, 0.05) is 0 Å². The summed E-state index contributed by atoms with van der Waals surface area (Å²) in [5, 5.41) is 9.09. The van der Waals surface area contributed by atoms with Crippen LogP contribution in [0.15, 0.2) is 35.1 Å². The number of allylic oxidation sites excluding steroid dienone is 1. The van der Waals surface area contributed by atoms with E-state index in [1.54, 1.807) is 12.1 Å². The summed E-state index contributed by atoms with van der Waals surface area (Å²) < 4.78 is 0. The van der Waals surface area contributed by atoms with Crippen LogP contribution >= 0.6 is 0 Å². The molecule has 2 nitrogen and oxygen atoms in total. The van der Waals surface area contributed by atoms with Gasteiger partial charge in [-0.2, -0.15) is 0 Å². The lowest BCUT2D eigenvalue weighted by Gasteiger charge is -1.83. The normalized spacial score (nSPS) is 10.5. The van der Waals surface area contributed by atoms with E-state index in [1.165, 1.54) is 12.1 Å². The zero-order valence-corrected chi connectivity index (χ0v) is 7.53. The zero-order valence-electron chi connectivity index (χ0n) is 7.53. The van der Waals surface area contributed by atoms with E-state index in [1.807, 2.05) is 19.1 Å². The highest BCUT2D eigenvalue weighted by Crippen LogP contribution is 2.02. The predicted octanol–water partition coefficient (Wildman–Crippen LogP) is 2.18. The Balaban J connectivity index is 3.14. The van der Waals surface area contributed by atoms with Gasteiger partial charge >= 0.3 is 0 Å². The maximum absolute atomic E-state index is 11.1. The Kier molecular flexibility index (Phi) is 3.26. The molecule has 13 heavy (non-hydrogen) atoms. The Labute approximate surface area is 77.2 Å². The van der Waals surface area contributed by atoms with Crippen molar-refractivity contribution < 1.29 is 5.11 Å². The molecule has 0 saturated carbocycles. The Morgan fingerprint density at radius 1 is 1.46 bits per heavy atom. The van der Waals surface area contributed by atoms with Crippen molar-refractivity contribution in [3.8, 4) is 5.75 Å². The molecule has 1 aromatic rings. The molecule has 0 radical (unpaired) electrons. The average Bonchev–Trinajstić information content (AvgIpc) is 2.26. The van der Waals surface area contributed by atoms with E-state index in [9.17, 15) is 4.79 Å². The molecule has 0 unspecified atom stereocenters. The van der Waals surface area contributed by atoms with Crippen LogP contribution in [0, 0.1) is 0 Å². The minimum atomic E-state index is -0.347. The molecule has 0 heterocycles. The van der Waals surface area contributed by atoms with Crippen LogP contribution in [0.4, 0.5) is 0 Å². The fourth-order valence-corrected chi connectivity index (χ4v) is 0.964. The van der Waals surface area contributed by atoms with Crippen LogP contribution in [0.2, 0.25) is 0 Å². The molecule has 1 N–H and O–H groups in total. The van der Waals surface area contributed by atoms with E-state index in [4.69, 9.17) is 5.11 Å². The molecule has 68 valence electrons. The smallest absolute Gasteiger partial charge is 0.220 e. The van der Waals surface area contributed by atoms with Crippen LogP contribution < -0.4 is 5.43 Å². The SMILES string of the molecule is CC/C=C\c1cccc(O)c(=O)c1. The molecular formula is C11H12O2. The Morgan fingerprint density at radius 3 is 2.92 bits per heavy atom. The second-order valence-electron chi connectivity index (χ2n) is 2.73. The molecule has 0 bridgehead atoms. The third-order valence-corrected chi connectivity index (χ3v) is 1.64. The molecule has 1 rings (SSSR count). The Morgan fingerprint density at radius 2 is 2.23 bits per heavy atom. The van der Waals surface area contributed by atoms with Crippen molar-refractivity contribution in [2.45, 2.75) is 13.3 Å². The summed E-state index contributed by atoms with van der Waals surface area (Å²) in [5.74, 6) is -0.212. The first-order chi connectivity index (χ1) is 6.24. The maximum Gasteiger partial charge on any atom is 0.220 e. The molecule has 1 aromatic carbocycles. The van der Waals surface area contributed by atoms with E-state index in [-0.39, 0.29) is 11.2 Å². The van der Waals surface area contributed by atoms with E-state index >= 15 is 0 Å². The van der Waals surface area contributed by atoms with Gasteiger partial charge in [-0.1, -0.05) is 31.2 Å². The van der Waals surface area contributed by atoms with Crippen LogP contribution in [0.25, 0.3) is 6.08 Å². The molecule has 0 amide bonds. The van der Waals surface area contributed by atoms with Crippen molar-refractivity contribution >= 4 is 6.08 Å². The molecule has 2 heteroatoms. The highest BCUT2D eigenvalue weighted by atomic mass is 16.3. The lowest BCUT2D eigenvalue weighted by Crippen LogP contribution is -1.93. The first kappa shape index (κ1) is 9.52. The lowest BCUT2D eigenvalue weighted by atomic mass is 10.2. The molecule has 0 spiro atoms. The van der Waals surface area contributed by atoms with Crippen LogP contribution in [0.3, 0.4) is 0 Å². The monoisotopic (exact) mass is 176 g/mol. The molecular weight excluding hydrogens is 164 g/mol. The second kappa shape index (κ2) is 4.45. The number of aromatic hydroxyl groups is 1. The van der Waals surface area contributed by atoms with Gasteiger partial charge in [-0.25, -0.2) is 0 Å². The second-order valence-corrected chi connectivity index (χ2v) is 2.73. The summed E-state index contributed by atoms with van der Waals surface area (Å²) in [7, 11) is 0. The van der Waals surface area contributed by atoms with Gasteiger partial charge in [-0.15, -0.1) is 0 Å². The highest BCUT2D eigenvalue weighted by Gasteiger charge is 1.92. The number of hydrogen-bond donors (Lipinski definition) is 1. The van der Waals surface area contributed by atoms with E-state index in [2.05, 4.69) is 0 Å². The largest absolute Gasteiger partial charge is 0.504 e. The van der Waals surface area contributed by atoms with Gasteiger partial charge in [0.15, 0.2) is 5.75 Å². The van der Waals surface area contributed by atoms with Crippen molar-refractivity contribution in [3.05, 3.63) is 46.1 Å². The summed E-state index contributed by atoms with van der Waals surface area (Å²) in [5.41, 5.74) is 0.466. The van der Waals surface area contributed by atoms with Gasteiger partial charge in [0.05, 0.1) is 0 Å². The highest BCUT2D eigenvalue weighted by molar-refractivity contribution is 5.48. The fourth-order valence-electron chi connectivity index (χ4n) is 0.964. The van der Waals surface area contributed by atoms with E-state index in [0.717, 1.165) is 12.0 Å². The molecule has 0 atom stereocenters. The van der Waals surface area contributed by atoms with Crippen molar-refractivity contribution in [2.75, 3.05) is 0 Å². The summed E-state index contributed by atoms with van der Waals surface area (Å²) in [6.07, 6.45) is 4.76. The molecule has 0 aromatic heterocycles. The lowest BCUT2D eigenvalue weighted by molar-refractivity contribution is 0.471.